The summed E-state index contributed by atoms with van der Waals surface area (Å²) in [6.45, 7) is 3.21. The molecule has 8 nitrogen and oxygen atoms in total. The van der Waals surface area contributed by atoms with Crippen molar-refractivity contribution in [3.05, 3.63) is 46.2 Å². The minimum absolute atomic E-state index is 0.0689. The maximum absolute atomic E-state index is 12.5. The fraction of sp³-hybridized carbons (Fsp3) is 0.176. The molecule has 0 bridgehead atoms. The first-order valence-electron chi connectivity index (χ1n) is 7.08. The van der Waals surface area contributed by atoms with Crippen LogP contribution in [0.25, 0.3) is 5.76 Å². The quantitative estimate of drug-likeness (QED) is 0.498. The van der Waals surface area contributed by atoms with Gasteiger partial charge in [0.25, 0.3) is 5.91 Å². The van der Waals surface area contributed by atoms with E-state index in [1.807, 2.05) is 0 Å². The van der Waals surface area contributed by atoms with Gasteiger partial charge in [-0.05, 0) is 31.5 Å². The number of nitrogens with zero attached hydrogens (tertiary/aromatic N) is 4. The minimum atomic E-state index is -0.802. The maximum atomic E-state index is 12.5. The molecule has 8 heteroatoms. The van der Waals surface area contributed by atoms with E-state index in [-0.39, 0.29) is 22.8 Å². The number of aromatic hydroxyl groups is 1. The van der Waals surface area contributed by atoms with E-state index < -0.39 is 17.2 Å². The van der Waals surface area contributed by atoms with Crippen molar-refractivity contribution in [2.75, 3.05) is 11.9 Å². The van der Waals surface area contributed by atoms with Crippen LogP contribution in [0.4, 0.5) is 5.88 Å². The van der Waals surface area contributed by atoms with Crippen molar-refractivity contribution in [2.24, 2.45) is 0 Å². The number of aliphatic hydroxyl groups excluding tert-OH is 1. The summed E-state index contributed by atoms with van der Waals surface area (Å²) in [7, 11) is 1.38. The number of hydrogen-bond donors (Lipinski definition) is 2. The lowest BCUT2D eigenvalue weighted by atomic mass is 10.0. The molecule has 1 heterocycles. The third-order valence-corrected chi connectivity index (χ3v) is 3.59. The van der Waals surface area contributed by atoms with Crippen LogP contribution in [0.2, 0.25) is 0 Å². The van der Waals surface area contributed by atoms with Crippen LogP contribution in [-0.4, -0.2) is 28.3 Å². The van der Waals surface area contributed by atoms with Gasteiger partial charge in [0.05, 0.1) is 11.8 Å². The molecule has 0 fully saturated rings. The third kappa shape index (κ3) is 3.14. The lowest BCUT2D eigenvalue weighted by Gasteiger charge is -2.14. The number of nitriles is 2. The standard InChI is InChI=1S/C17H14N4O4/c1-9-4-11(5-12(6-18)14(9)22)15(23)13(7-19)16(24)21(3)17-10(2)8-20-25-17/h4-5,8,22-23H,1-3H3/b15-13-. The van der Waals surface area contributed by atoms with Crippen molar-refractivity contribution in [2.45, 2.75) is 13.8 Å². The number of benzene rings is 1. The molecule has 0 atom stereocenters. The highest BCUT2D eigenvalue weighted by atomic mass is 16.5. The molecule has 0 saturated carbocycles. The first-order chi connectivity index (χ1) is 11.8. The van der Waals surface area contributed by atoms with Gasteiger partial charge in [0.1, 0.15) is 23.6 Å². The van der Waals surface area contributed by atoms with Crippen LogP contribution in [0, 0.1) is 36.5 Å². The average molecular weight is 338 g/mol. The number of anilines is 1. The van der Waals surface area contributed by atoms with Gasteiger partial charge in [-0.15, -0.1) is 0 Å². The molecule has 1 amide bonds. The van der Waals surface area contributed by atoms with Crippen molar-refractivity contribution in [3.8, 4) is 17.9 Å². The topological polar surface area (TPSA) is 134 Å². The van der Waals surface area contributed by atoms with Crippen LogP contribution in [-0.2, 0) is 4.79 Å². The van der Waals surface area contributed by atoms with Crippen molar-refractivity contribution in [1.82, 2.24) is 5.16 Å². The van der Waals surface area contributed by atoms with Gasteiger partial charge in [0, 0.05) is 18.2 Å². The van der Waals surface area contributed by atoms with Gasteiger partial charge in [-0.1, -0.05) is 5.16 Å². The normalized spacial score (nSPS) is 11.2. The Labute approximate surface area is 143 Å². The summed E-state index contributed by atoms with van der Waals surface area (Å²) < 4.78 is 4.96. The fourth-order valence-electron chi connectivity index (χ4n) is 2.22. The van der Waals surface area contributed by atoms with Crippen LogP contribution in [0.1, 0.15) is 22.3 Å². The molecule has 2 aromatic rings. The van der Waals surface area contributed by atoms with Crippen molar-refractivity contribution >= 4 is 17.6 Å². The summed E-state index contributed by atoms with van der Waals surface area (Å²) in [5.74, 6) is -1.48. The van der Waals surface area contributed by atoms with Crippen LogP contribution in [0.5, 0.6) is 5.75 Å². The van der Waals surface area contributed by atoms with E-state index in [0.717, 1.165) is 4.90 Å². The van der Waals surface area contributed by atoms with E-state index >= 15 is 0 Å². The molecular formula is C17H14N4O4. The Bertz CT molecular complexity index is 960. The number of hydrogen-bond acceptors (Lipinski definition) is 7. The number of aliphatic hydroxyl groups is 1. The number of carbonyl (C=O) groups is 1. The van der Waals surface area contributed by atoms with Gasteiger partial charge in [-0.25, -0.2) is 0 Å². The summed E-state index contributed by atoms with van der Waals surface area (Å²) in [5, 5.41) is 42.1. The number of amides is 1. The molecule has 0 radical (unpaired) electrons. The molecule has 2 N–H and O–H groups in total. The summed E-state index contributed by atoms with van der Waals surface area (Å²) in [6.07, 6.45) is 1.41. The number of phenols is 1. The lowest BCUT2D eigenvalue weighted by Crippen LogP contribution is -2.28. The van der Waals surface area contributed by atoms with E-state index in [0.29, 0.717) is 11.1 Å². The molecular weight excluding hydrogens is 324 g/mol. The fourth-order valence-corrected chi connectivity index (χ4v) is 2.22. The van der Waals surface area contributed by atoms with Gasteiger partial charge in [0.2, 0.25) is 5.88 Å². The second kappa shape index (κ2) is 6.77. The smallest absolute Gasteiger partial charge is 0.274 e. The van der Waals surface area contributed by atoms with E-state index in [2.05, 4.69) is 5.16 Å². The summed E-state index contributed by atoms with van der Waals surface area (Å²) in [6, 6.07) is 6.02. The number of likely N-dealkylation sites (N-methyl/N-ethyl adjacent to an activating group) is 1. The zero-order valence-corrected chi connectivity index (χ0v) is 13.7. The van der Waals surface area contributed by atoms with Crippen molar-refractivity contribution in [3.63, 3.8) is 0 Å². The Hall–Kier alpha value is -3.78. The second-order valence-corrected chi connectivity index (χ2v) is 5.31. The van der Waals surface area contributed by atoms with Crippen LogP contribution in [0.15, 0.2) is 28.4 Å². The first kappa shape index (κ1) is 17.6. The molecule has 1 aromatic heterocycles. The second-order valence-electron chi connectivity index (χ2n) is 5.31. The SMILES string of the molecule is Cc1cnoc1N(C)C(=O)/C(C#N)=C(\O)c1cc(C)c(O)c(C#N)c1. The molecule has 0 unspecified atom stereocenters. The lowest BCUT2D eigenvalue weighted by molar-refractivity contribution is -0.114. The van der Waals surface area contributed by atoms with Gasteiger partial charge < -0.3 is 14.7 Å². The number of aromatic nitrogens is 1. The summed E-state index contributed by atoms with van der Waals surface area (Å²) in [4.78, 5) is 13.6. The highest BCUT2D eigenvalue weighted by Crippen LogP contribution is 2.28. The minimum Gasteiger partial charge on any atom is -0.506 e. The molecule has 1 aromatic carbocycles. The van der Waals surface area contributed by atoms with E-state index in [4.69, 9.17) is 9.78 Å². The number of aryl methyl sites for hydroxylation is 2. The Balaban J connectivity index is 2.54. The zero-order valence-electron chi connectivity index (χ0n) is 13.7. The average Bonchev–Trinajstić information content (AvgIpc) is 3.02. The molecule has 0 aliphatic carbocycles. The largest absolute Gasteiger partial charge is 0.506 e. The molecule has 0 spiro atoms. The number of phenolic OH excluding ortho intramolecular Hbond substituents is 1. The predicted molar refractivity (Wildman–Crippen MR) is 87.4 cm³/mol. The Morgan fingerprint density at radius 3 is 2.48 bits per heavy atom. The monoisotopic (exact) mass is 338 g/mol. The van der Waals surface area contributed by atoms with Gasteiger partial charge in [-0.3, -0.25) is 9.69 Å². The Morgan fingerprint density at radius 2 is 1.96 bits per heavy atom. The van der Waals surface area contributed by atoms with E-state index in [9.17, 15) is 20.3 Å². The molecule has 25 heavy (non-hydrogen) atoms. The van der Waals surface area contributed by atoms with E-state index in [1.54, 1.807) is 19.1 Å². The van der Waals surface area contributed by atoms with Gasteiger partial charge >= 0.3 is 0 Å². The van der Waals surface area contributed by atoms with Crippen molar-refractivity contribution < 1.29 is 19.5 Å². The molecule has 2 rings (SSSR count). The van der Waals surface area contributed by atoms with Crippen LogP contribution in [0.3, 0.4) is 0 Å². The summed E-state index contributed by atoms with van der Waals surface area (Å²) in [5.41, 5.74) is 0.363. The first-order valence-corrected chi connectivity index (χ1v) is 7.08. The maximum Gasteiger partial charge on any atom is 0.274 e. The van der Waals surface area contributed by atoms with Gasteiger partial charge in [0.15, 0.2) is 5.57 Å². The number of rotatable bonds is 3. The molecule has 0 saturated heterocycles. The number of carbonyl (C=O) groups excluding carboxylic acids is 1. The predicted octanol–water partition coefficient (Wildman–Crippen LogP) is 2.32. The van der Waals surface area contributed by atoms with E-state index in [1.165, 1.54) is 32.3 Å². The third-order valence-electron chi connectivity index (χ3n) is 3.59. The highest BCUT2D eigenvalue weighted by molar-refractivity contribution is 6.11. The molecule has 0 aliphatic heterocycles. The highest BCUT2D eigenvalue weighted by Gasteiger charge is 2.25. The summed E-state index contributed by atoms with van der Waals surface area (Å²) >= 11 is 0. The van der Waals surface area contributed by atoms with Crippen LogP contribution < -0.4 is 4.90 Å². The molecule has 126 valence electrons. The Morgan fingerprint density at radius 1 is 1.28 bits per heavy atom. The molecule has 0 aliphatic rings. The Kier molecular flexibility index (Phi) is 4.76. The van der Waals surface area contributed by atoms with Crippen molar-refractivity contribution in [1.29, 1.82) is 10.5 Å². The van der Waals surface area contributed by atoms with Crippen LogP contribution >= 0.6 is 0 Å². The van der Waals surface area contributed by atoms with Gasteiger partial charge in [-0.2, -0.15) is 10.5 Å². The zero-order chi connectivity index (χ0) is 18.7.